The lowest BCUT2D eigenvalue weighted by molar-refractivity contribution is -0.145. The van der Waals surface area contributed by atoms with Crippen LogP contribution >= 0.6 is 0 Å². The van der Waals surface area contributed by atoms with Gasteiger partial charge in [-0.05, 0) is 12.3 Å². The Bertz CT molecular complexity index is 453. The van der Waals surface area contributed by atoms with Crippen LogP contribution in [0.1, 0.15) is 52.9 Å². The number of carbonyl (C=O) groups excluding carboxylic acids is 1. The van der Waals surface area contributed by atoms with Gasteiger partial charge in [0.1, 0.15) is 6.61 Å². The van der Waals surface area contributed by atoms with Crippen molar-refractivity contribution in [2.45, 2.75) is 52.9 Å². The molecule has 0 aromatic rings. The zero-order valence-corrected chi connectivity index (χ0v) is 23.7. The number of hydrogen-bond donors (Lipinski definition) is 0. The summed E-state index contributed by atoms with van der Waals surface area (Å²) in [7, 11) is 0. The van der Waals surface area contributed by atoms with Gasteiger partial charge in [-0.15, -0.1) is 0 Å². The van der Waals surface area contributed by atoms with E-state index in [1.807, 2.05) is 0 Å². The van der Waals surface area contributed by atoms with Crippen LogP contribution in [0.5, 0.6) is 0 Å². The van der Waals surface area contributed by atoms with Gasteiger partial charge >= 0.3 is 5.97 Å². The third-order valence-corrected chi connectivity index (χ3v) is 5.18. The van der Waals surface area contributed by atoms with Crippen LogP contribution in [0.3, 0.4) is 0 Å². The van der Waals surface area contributed by atoms with E-state index in [0.717, 1.165) is 32.3 Å². The molecular weight excluding hydrogens is 484 g/mol. The SMILES string of the molecule is CCCCCC(=O)OCCOCCOCCOCCOCCOCCOCCOCCOCC(C)CC. The molecule has 0 saturated heterocycles. The van der Waals surface area contributed by atoms with Gasteiger partial charge in [-0.3, -0.25) is 4.79 Å². The van der Waals surface area contributed by atoms with Gasteiger partial charge in [-0.25, -0.2) is 0 Å². The Hall–Kier alpha value is -0.850. The van der Waals surface area contributed by atoms with E-state index in [0.29, 0.717) is 111 Å². The van der Waals surface area contributed by atoms with E-state index in [1.54, 1.807) is 0 Å². The first-order valence-electron chi connectivity index (χ1n) is 14.0. The maximum absolute atomic E-state index is 11.4. The molecule has 0 heterocycles. The molecule has 10 nitrogen and oxygen atoms in total. The van der Waals surface area contributed by atoms with Gasteiger partial charge < -0.3 is 42.6 Å². The first-order chi connectivity index (χ1) is 18.2. The van der Waals surface area contributed by atoms with E-state index in [1.165, 1.54) is 0 Å². The molecule has 1 unspecified atom stereocenters. The molecule has 0 aromatic heterocycles. The van der Waals surface area contributed by atoms with Crippen LogP contribution in [0.4, 0.5) is 0 Å². The quantitative estimate of drug-likeness (QED) is 0.0965. The second-order valence-electron chi connectivity index (χ2n) is 8.55. The van der Waals surface area contributed by atoms with Crippen molar-refractivity contribution in [3.05, 3.63) is 0 Å². The van der Waals surface area contributed by atoms with Gasteiger partial charge in [0.2, 0.25) is 0 Å². The largest absolute Gasteiger partial charge is 0.463 e. The van der Waals surface area contributed by atoms with Crippen LogP contribution in [-0.2, 0) is 47.4 Å². The van der Waals surface area contributed by atoms with Gasteiger partial charge in [0.15, 0.2) is 0 Å². The van der Waals surface area contributed by atoms with Crippen molar-refractivity contribution in [1.29, 1.82) is 0 Å². The molecule has 0 N–H and O–H groups in total. The van der Waals surface area contributed by atoms with Crippen molar-refractivity contribution in [2.24, 2.45) is 5.92 Å². The lowest BCUT2D eigenvalue weighted by Gasteiger charge is -2.10. The van der Waals surface area contributed by atoms with E-state index >= 15 is 0 Å². The lowest BCUT2D eigenvalue weighted by atomic mass is 10.1. The number of unbranched alkanes of at least 4 members (excludes halogenated alkanes) is 2. The molecular formula is C27H54O10. The van der Waals surface area contributed by atoms with Gasteiger partial charge in [0.25, 0.3) is 0 Å². The Balaban J connectivity index is 3.08. The fourth-order valence-corrected chi connectivity index (χ4v) is 2.75. The molecule has 0 aliphatic rings. The maximum Gasteiger partial charge on any atom is 0.305 e. The fraction of sp³-hybridized carbons (Fsp3) is 0.963. The topological polar surface area (TPSA) is 100 Å². The van der Waals surface area contributed by atoms with Crippen molar-refractivity contribution < 1.29 is 47.4 Å². The highest BCUT2D eigenvalue weighted by Crippen LogP contribution is 2.01. The Morgan fingerprint density at radius 3 is 1.22 bits per heavy atom. The van der Waals surface area contributed by atoms with E-state index in [4.69, 9.17) is 42.6 Å². The molecule has 222 valence electrons. The lowest BCUT2D eigenvalue weighted by Crippen LogP contribution is -2.15. The monoisotopic (exact) mass is 538 g/mol. The smallest absolute Gasteiger partial charge is 0.305 e. The molecule has 1 atom stereocenters. The number of rotatable bonds is 31. The Kier molecular flexibility index (Phi) is 30.6. The summed E-state index contributed by atoms with van der Waals surface area (Å²) in [5.74, 6) is 0.445. The first kappa shape index (κ1) is 36.1. The zero-order chi connectivity index (χ0) is 27.1. The van der Waals surface area contributed by atoms with Gasteiger partial charge in [-0.2, -0.15) is 0 Å². The summed E-state index contributed by atoms with van der Waals surface area (Å²) in [6.45, 7) is 15.3. The summed E-state index contributed by atoms with van der Waals surface area (Å²) in [4.78, 5) is 11.4. The van der Waals surface area contributed by atoms with Crippen LogP contribution < -0.4 is 0 Å². The average molecular weight is 539 g/mol. The maximum atomic E-state index is 11.4. The Labute approximate surface area is 224 Å². The summed E-state index contributed by atoms with van der Waals surface area (Å²) in [5, 5.41) is 0. The number of carbonyl (C=O) groups is 1. The summed E-state index contributed by atoms with van der Waals surface area (Å²) in [6.07, 6.45) is 4.65. The minimum atomic E-state index is -0.154. The first-order valence-corrected chi connectivity index (χ1v) is 14.0. The molecule has 0 aliphatic heterocycles. The van der Waals surface area contributed by atoms with Crippen molar-refractivity contribution in [1.82, 2.24) is 0 Å². The summed E-state index contributed by atoms with van der Waals surface area (Å²) < 4.78 is 48.7. The van der Waals surface area contributed by atoms with Gasteiger partial charge in [0.05, 0.1) is 99.1 Å². The molecule has 0 rings (SSSR count). The molecule has 10 heteroatoms. The molecule has 0 aromatic carbocycles. The molecule has 0 amide bonds. The van der Waals surface area contributed by atoms with Crippen LogP contribution in [0.15, 0.2) is 0 Å². The third-order valence-electron chi connectivity index (χ3n) is 5.18. The third kappa shape index (κ3) is 31.3. The normalized spacial score (nSPS) is 12.2. The highest BCUT2D eigenvalue weighted by molar-refractivity contribution is 5.69. The highest BCUT2D eigenvalue weighted by atomic mass is 16.6. The Morgan fingerprint density at radius 2 is 0.865 bits per heavy atom. The second-order valence-corrected chi connectivity index (χ2v) is 8.55. The molecule has 0 aliphatic carbocycles. The molecule has 0 bridgehead atoms. The van der Waals surface area contributed by atoms with Crippen LogP contribution in [0.25, 0.3) is 0 Å². The van der Waals surface area contributed by atoms with Crippen molar-refractivity contribution in [3.8, 4) is 0 Å². The number of esters is 1. The molecule has 0 saturated carbocycles. The number of hydrogen-bond acceptors (Lipinski definition) is 10. The van der Waals surface area contributed by atoms with Crippen LogP contribution in [-0.4, -0.2) is 118 Å². The van der Waals surface area contributed by atoms with Crippen molar-refractivity contribution >= 4 is 5.97 Å². The van der Waals surface area contributed by atoms with E-state index in [9.17, 15) is 4.79 Å². The van der Waals surface area contributed by atoms with Gasteiger partial charge in [0, 0.05) is 13.0 Å². The standard InChI is InChI=1S/C27H54O10/c1-4-6-7-8-27(28)37-24-23-35-20-19-33-16-15-31-12-11-29-9-10-30-13-14-32-17-18-34-21-22-36-25-26(3)5-2/h26H,4-25H2,1-3H3. The predicted molar refractivity (Wildman–Crippen MR) is 141 cm³/mol. The zero-order valence-electron chi connectivity index (χ0n) is 23.7. The average Bonchev–Trinajstić information content (AvgIpc) is 2.90. The van der Waals surface area contributed by atoms with Crippen LogP contribution in [0, 0.1) is 5.92 Å². The van der Waals surface area contributed by atoms with Crippen molar-refractivity contribution in [3.63, 3.8) is 0 Å². The molecule has 0 fully saturated rings. The summed E-state index contributed by atoms with van der Waals surface area (Å²) in [5.41, 5.74) is 0. The van der Waals surface area contributed by atoms with Crippen LogP contribution in [0.2, 0.25) is 0 Å². The van der Waals surface area contributed by atoms with E-state index in [2.05, 4.69) is 20.8 Å². The fourth-order valence-electron chi connectivity index (χ4n) is 2.75. The minimum Gasteiger partial charge on any atom is -0.463 e. The van der Waals surface area contributed by atoms with Gasteiger partial charge in [-0.1, -0.05) is 40.0 Å². The van der Waals surface area contributed by atoms with E-state index < -0.39 is 0 Å². The van der Waals surface area contributed by atoms with E-state index in [-0.39, 0.29) is 12.6 Å². The summed E-state index contributed by atoms with van der Waals surface area (Å²) in [6, 6.07) is 0. The molecule has 0 spiro atoms. The van der Waals surface area contributed by atoms with Crippen molar-refractivity contribution in [2.75, 3.05) is 112 Å². The number of ether oxygens (including phenoxy) is 9. The second kappa shape index (κ2) is 31.4. The molecule has 0 radical (unpaired) electrons. The minimum absolute atomic E-state index is 0.154. The highest BCUT2D eigenvalue weighted by Gasteiger charge is 2.02. The summed E-state index contributed by atoms with van der Waals surface area (Å²) >= 11 is 0. The Morgan fingerprint density at radius 1 is 0.514 bits per heavy atom. The predicted octanol–water partition coefficient (Wildman–Crippen LogP) is 3.29. The molecule has 37 heavy (non-hydrogen) atoms.